The molecule has 0 saturated carbocycles. The quantitative estimate of drug-likeness (QED) is 0.265. The molecule has 1 unspecified atom stereocenters. The molecule has 0 saturated heterocycles. The summed E-state index contributed by atoms with van der Waals surface area (Å²) >= 11 is 0. The van der Waals surface area contributed by atoms with Crippen LogP contribution < -0.4 is 10.1 Å². The number of nitrogens with zero attached hydrogens (tertiary/aromatic N) is 2. The van der Waals surface area contributed by atoms with Crippen LogP contribution in [-0.2, 0) is 27.4 Å². The number of carboxylic acid groups (broad SMARTS) is 1. The molecule has 2 aromatic heterocycles. The Morgan fingerprint density at radius 2 is 1.90 bits per heavy atom. The van der Waals surface area contributed by atoms with E-state index in [4.69, 9.17) is 14.2 Å². The first-order chi connectivity index (χ1) is 18.6. The molecule has 0 aliphatic carbocycles. The van der Waals surface area contributed by atoms with Crippen LogP contribution in [0.4, 0.5) is 9.18 Å². The zero-order valence-corrected chi connectivity index (χ0v) is 25.1. The molecule has 0 spiro atoms. The number of carbonyl (C=O) groups excluding carboxylic acids is 1. The lowest BCUT2D eigenvalue weighted by Gasteiger charge is -2.24. The lowest BCUT2D eigenvalue weighted by atomic mass is 9.99. The molecule has 0 bridgehead atoms. The minimum Gasteiger partial charge on any atom is -0.481 e. The third-order valence-electron chi connectivity index (χ3n) is 5.92. The lowest BCUT2D eigenvalue weighted by Crippen LogP contribution is -2.37. The molecule has 2 heterocycles. The predicted molar refractivity (Wildman–Crippen MR) is 156 cm³/mol. The molecular formula is C29H40FN3O6S. The van der Waals surface area contributed by atoms with Crippen molar-refractivity contribution in [3.8, 4) is 11.5 Å². The summed E-state index contributed by atoms with van der Waals surface area (Å²) < 4.78 is 34.0. The Morgan fingerprint density at radius 3 is 2.52 bits per heavy atom. The third-order valence-corrected chi connectivity index (χ3v) is 7.31. The smallest absolute Gasteiger partial charge is 0.407 e. The van der Waals surface area contributed by atoms with Crippen molar-refractivity contribution >= 4 is 33.1 Å². The minimum atomic E-state index is -1.11. The first-order valence-electron chi connectivity index (χ1n) is 13.0. The van der Waals surface area contributed by atoms with E-state index in [0.29, 0.717) is 30.3 Å². The van der Waals surface area contributed by atoms with Crippen LogP contribution >= 0.6 is 10.0 Å². The normalized spacial score (nSPS) is 13.2. The number of fused-ring (bicyclic) bond motifs is 1. The van der Waals surface area contributed by atoms with Gasteiger partial charge in [-0.15, -0.1) is 0 Å². The van der Waals surface area contributed by atoms with Crippen LogP contribution in [0.1, 0.15) is 31.9 Å². The Balaban J connectivity index is 1.70. The second-order valence-electron chi connectivity index (χ2n) is 11.6. The van der Waals surface area contributed by atoms with E-state index >= 15 is 4.39 Å². The summed E-state index contributed by atoms with van der Waals surface area (Å²) in [5.41, 5.74) is 1.35. The molecule has 0 fully saturated rings. The molecule has 3 rings (SSSR count). The predicted octanol–water partition coefficient (Wildman–Crippen LogP) is 5.71. The van der Waals surface area contributed by atoms with Gasteiger partial charge < -0.3 is 29.2 Å². The van der Waals surface area contributed by atoms with E-state index in [9.17, 15) is 14.7 Å². The number of carboxylic acids is 1. The average Bonchev–Trinajstić information content (AvgIpc) is 3.15. The first-order valence-corrected chi connectivity index (χ1v) is 16.0. The van der Waals surface area contributed by atoms with Crippen LogP contribution in [0.3, 0.4) is 0 Å². The number of amides is 1. The molecule has 9 nitrogen and oxygen atoms in total. The highest BCUT2D eigenvalue weighted by Crippen LogP contribution is 2.35. The molecular weight excluding hydrogens is 537 g/mol. The lowest BCUT2D eigenvalue weighted by molar-refractivity contribution is -0.141. The summed E-state index contributed by atoms with van der Waals surface area (Å²) in [6.07, 6.45) is 9.59. The zero-order chi connectivity index (χ0) is 29.7. The average molecular weight is 578 g/mol. The van der Waals surface area contributed by atoms with Gasteiger partial charge in [0, 0.05) is 24.7 Å². The van der Waals surface area contributed by atoms with E-state index in [2.05, 4.69) is 29.1 Å². The Kier molecular flexibility index (Phi) is 10.1. The molecule has 1 aromatic carbocycles. The standard InChI is InChI=1S/C29H40FN3O6S/c1-19-17-33(18-37-12-13-40(5,6)7)26-25(19)24(10-11-31-26)38-23-9-8-20(15-22(23)30)14-21(27(34)35)16-32-28(36)39-29(2,3)4/h8-11,15,17,21H,12-14,16,18H2,1-7H3,(H,32,36)(H,34,35). The Labute approximate surface area is 236 Å². The fraction of sp³-hybridized carbons (Fsp3) is 0.483. The molecule has 0 aliphatic rings. The van der Waals surface area contributed by atoms with Gasteiger partial charge in [-0.05, 0) is 82.2 Å². The molecule has 0 radical (unpaired) electrons. The Bertz CT molecular complexity index is 1350. The van der Waals surface area contributed by atoms with E-state index in [1.54, 1.807) is 39.1 Å². The third kappa shape index (κ3) is 9.12. The summed E-state index contributed by atoms with van der Waals surface area (Å²) in [7, 11) is -0.644. The summed E-state index contributed by atoms with van der Waals surface area (Å²) in [5, 5.41) is 12.8. The largest absolute Gasteiger partial charge is 0.481 e. The summed E-state index contributed by atoms with van der Waals surface area (Å²) in [6.45, 7) is 7.93. The molecule has 1 amide bonds. The van der Waals surface area contributed by atoms with Crippen LogP contribution in [0.2, 0.25) is 0 Å². The van der Waals surface area contributed by atoms with Crippen molar-refractivity contribution in [3.63, 3.8) is 0 Å². The van der Waals surface area contributed by atoms with Crippen molar-refractivity contribution in [3.05, 3.63) is 53.6 Å². The number of hydrogen-bond donors (Lipinski definition) is 2. The summed E-state index contributed by atoms with van der Waals surface area (Å²) in [5.74, 6) is -1.23. The molecule has 3 aromatic rings. The van der Waals surface area contributed by atoms with Gasteiger partial charge in [-0.3, -0.25) is 4.79 Å². The van der Waals surface area contributed by atoms with E-state index in [-0.39, 0.29) is 18.7 Å². The van der Waals surface area contributed by atoms with Gasteiger partial charge in [0.2, 0.25) is 0 Å². The van der Waals surface area contributed by atoms with Gasteiger partial charge in [-0.1, -0.05) is 6.07 Å². The van der Waals surface area contributed by atoms with E-state index < -0.39 is 39.4 Å². The number of alkyl carbamates (subject to hydrolysis) is 1. The number of aryl methyl sites for hydroxylation is 1. The number of pyridine rings is 1. The molecule has 11 heteroatoms. The maximum Gasteiger partial charge on any atom is 0.407 e. The van der Waals surface area contributed by atoms with Gasteiger partial charge in [0.05, 0.1) is 17.9 Å². The van der Waals surface area contributed by atoms with E-state index in [0.717, 1.165) is 16.7 Å². The maximum atomic E-state index is 15.1. The van der Waals surface area contributed by atoms with Crippen molar-refractivity contribution in [1.82, 2.24) is 14.9 Å². The zero-order valence-electron chi connectivity index (χ0n) is 24.2. The first kappa shape index (κ1) is 31.2. The Hall–Kier alpha value is -3.31. The van der Waals surface area contributed by atoms with Crippen LogP contribution in [-0.4, -0.2) is 70.0 Å². The Morgan fingerprint density at radius 1 is 1.18 bits per heavy atom. The highest BCUT2D eigenvalue weighted by Gasteiger charge is 2.23. The number of rotatable bonds is 12. The number of ether oxygens (including phenoxy) is 3. The van der Waals surface area contributed by atoms with Gasteiger partial charge in [0.25, 0.3) is 0 Å². The van der Waals surface area contributed by atoms with Gasteiger partial charge in [0.1, 0.15) is 23.7 Å². The highest BCUT2D eigenvalue weighted by molar-refractivity contribution is 8.32. The number of aliphatic carboxylic acids is 1. The van der Waals surface area contributed by atoms with Gasteiger partial charge in [-0.2, -0.15) is 0 Å². The van der Waals surface area contributed by atoms with Crippen molar-refractivity contribution in [2.24, 2.45) is 5.92 Å². The van der Waals surface area contributed by atoms with Crippen LogP contribution in [0, 0.1) is 18.7 Å². The summed E-state index contributed by atoms with van der Waals surface area (Å²) in [4.78, 5) is 28.2. The molecule has 220 valence electrons. The van der Waals surface area contributed by atoms with E-state index in [1.807, 2.05) is 17.7 Å². The second-order valence-corrected chi connectivity index (χ2v) is 16.2. The van der Waals surface area contributed by atoms with Crippen LogP contribution in [0.25, 0.3) is 11.0 Å². The van der Waals surface area contributed by atoms with Gasteiger partial charge in [0.15, 0.2) is 11.6 Å². The highest BCUT2D eigenvalue weighted by atomic mass is 32.3. The molecule has 1 atom stereocenters. The van der Waals surface area contributed by atoms with Crippen molar-refractivity contribution in [1.29, 1.82) is 0 Å². The monoisotopic (exact) mass is 577 g/mol. The fourth-order valence-electron chi connectivity index (χ4n) is 3.96. The number of hydrogen-bond acceptors (Lipinski definition) is 6. The van der Waals surface area contributed by atoms with Crippen LogP contribution in [0.15, 0.2) is 36.7 Å². The molecule has 0 aliphatic heterocycles. The maximum absolute atomic E-state index is 15.1. The number of carbonyl (C=O) groups is 2. The van der Waals surface area contributed by atoms with Crippen LogP contribution in [0.5, 0.6) is 11.5 Å². The van der Waals surface area contributed by atoms with Gasteiger partial charge in [-0.25, -0.2) is 24.2 Å². The molecule has 40 heavy (non-hydrogen) atoms. The van der Waals surface area contributed by atoms with Crippen molar-refractivity contribution in [2.75, 3.05) is 37.7 Å². The minimum absolute atomic E-state index is 0.00607. The van der Waals surface area contributed by atoms with Crippen molar-refractivity contribution in [2.45, 2.75) is 46.4 Å². The van der Waals surface area contributed by atoms with E-state index in [1.165, 1.54) is 12.1 Å². The SMILES string of the molecule is Cc1cn(COCCS(C)(C)C)c2nccc(Oc3ccc(CC(CNC(=O)OC(C)(C)C)C(=O)O)cc3F)c12. The van der Waals surface area contributed by atoms with Gasteiger partial charge >= 0.3 is 12.1 Å². The molecule has 2 N–H and O–H groups in total. The number of nitrogens with one attached hydrogen (secondary N) is 1. The van der Waals surface area contributed by atoms with Crippen molar-refractivity contribution < 1.29 is 33.3 Å². The second kappa shape index (κ2) is 12.9. The number of aromatic nitrogens is 2. The number of halogens is 1. The topological polar surface area (TPSA) is 112 Å². The summed E-state index contributed by atoms with van der Waals surface area (Å²) in [6, 6.07) is 6.02. The number of benzene rings is 1. The fourth-order valence-corrected chi connectivity index (χ4v) is 4.58.